The summed E-state index contributed by atoms with van der Waals surface area (Å²) in [6, 6.07) is 6.11. The van der Waals surface area contributed by atoms with Crippen LogP contribution in [0.15, 0.2) is 28.5 Å². The molecule has 4 rings (SSSR count). The van der Waals surface area contributed by atoms with Crippen molar-refractivity contribution in [3.63, 3.8) is 0 Å². The number of halogens is 1. The molecule has 2 fully saturated rings. The summed E-state index contributed by atoms with van der Waals surface area (Å²) in [4.78, 5) is 28.8. The molecule has 0 aliphatic carbocycles. The zero-order valence-electron chi connectivity index (χ0n) is 16.6. The Morgan fingerprint density at radius 2 is 2.00 bits per heavy atom. The molecule has 7 nitrogen and oxygen atoms in total. The van der Waals surface area contributed by atoms with E-state index in [1.54, 1.807) is 24.3 Å². The molecular weight excluding hydrogens is 446 g/mol. The first-order valence-corrected chi connectivity index (χ1v) is 12.7. The van der Waals surface area contributed by atoms with Gasteiger partial charge in [0.1, 0.15) is 10.3 Å². The van der Waals surface area contributed by atoms with Crippen LogP contribution in [0.5, 0.6) is 0 Å². The number of benzene rings is 1. The van der Waals surface area contributed by atoms with E-state index in [-0.39, 0.29) is 28.6 Å². The van der Waals surface area contributed by atoms with E-state index in [1.165, 1.54) is 4.90 Å². The van der Waals surface area contributed by atoms with Gasteiger partial charge in [-0.1, -0.05) is 17.7 Å². The van der Waals surface area contributed by atoms with Crippen molar-refractivity contribution in [2.75, 3.05) is 19.6 Å². The summed E-state index contributed by atoms with van der Waals surface area (Å²) in [5.41, 5.74) is 0. The second-order valence-corrected chi connectivity index (χ2v) is 11.4. The molecule has 30 heavy (non-hydrogen) atoms. The third-order valence-corrected chi connectivity index (χ3v) is 9.03. The molecular formula is C20H24ClN3O4S2. The Morgan fingerprint density at radius 3 is 2.73 bits per heavy atom. The van der Waals surface area contributed by atoms with Crippen LogP contribution < -0.4 is 4.72 Å². The summed E-state index contributed by atoms with van der Waals surface area (Å²) < 4.78 is 29.3. The Bertz CT molecular complexity index is 1080. The fourth-order valence-corrected chi connectivity index (χ4v) is 7.04. The van der Waals surface area contributed by atoms with Crippen LogP contribution in [0.2, 0.25) is 5.02 Å². The highest BCUT2D eigenvalue weighted by molar-refractivity contribution is 7.91. The van der Waals surface area contributed by atoms with Crippen molar-refractivity contribution >= 4 is 54.9 Å². The van der Waals surface area contributed by atoms with Crippen LogP contribution in [0.1, 0.15) is 32.6 Å². The van der Waals surface area contributed by atoms with Gasteiger partial charge in [0.2, 0.25) is 11.8 Å². The van der Waals surface area contributed by atoms with Crippen molar-refractivity contribution < 1.29 is 18.0 Å². The van der Waals surface area contributed by atoms with Crippen molar-refractivity contribution in [1.29, 1.82) is 0 Å². The number of carbonyl (C=O) groups is 2. The van der Waals surface area contributed by atoms with Gasteiger partial charge in [-0.15, -0.1) is 11.3 Å². The van der Waals surface area contributed by atoms with Crippen LogP contribution in [0.3, 0.4) is 0 Å². The number of fused-ring (bicyclic) bond motifs is 1. The molecule has 0 bridgehead atoms. The van der Waals surface area contributed by atoms with Gasteiger partial charge >= 0.3 is 0 Å². The molecule has 0 saturated carbocycles. The number of hydrogen-bond donors (Lipinski definition) is 1. The summed E-state index contributed by atoms with van der Waals surface area (Å²) in [5.74, 6) is -0.410. The average molecular weight is 470 g/mol. The highest BCUT2D eigenvalue weighted by Crippen LogP contribution is 2.31. The summed E-state index contributed by atoms with van der Waals surface area (Å²) in [6.07, 6.45) is 3.01. The fraction of sp³-hybridized carbons (Fsp3) is 0.500. The van der Waals surface area contributed by atoms with Gasteiger partial charge in [0.05, 0.1) is 6.54 Å². The van der Waals surface area contributed by atoms with E-state index in [4.69, 9.17) is 11.6 Å². The van der Waals surface area contributed by atoms with Crippen LogP contribution >= 0.6 is 22.9 Å². The van der Waals surface area contributed by atoms with Gasteiger partial charge in [-0.05, 0) is 56.2 Å². The SMILES string of the molecule is CC1CCCN1C(=O)CN1CCC[C@H](NS(=O)(=O)c2cc3ccc(Cl)cc3s2)C1=O. The number of nitrogens with one attached hydrogen (secondary N) is 1. The number of sulfonamides is 1. The first-order chi connectivity index (χ1) is 14.2. The lowest BCUT2D eigenvalue weighted by atomic mass is 10.1. The van der Waals surface area contributed by atoms with Gasteiger partial charge in [0, 0.05) is 28.9 Å². The Kier molecular flexibility index (Phi) is 6.07. The second-order valence-electron chi connectivity index (χ2n) is 7.90. The van der Waals surface area contributed by atoms with Gasteiger partial charge in [-0.25, -0.2) is 8.42 Å². The van der Waals surface area contributed by atoms with E-state index in [9.17, 15) is 18.0 Å². The molecule has 2 aliphatic rings. The maximum Gasteiger partial charge on any atom is 0.250 e. The Balaban J connectivity index is 1.46. The first-order valence-electron chi connectivity index (χ1n) is 10.0. The number of likely N-dealkylation sites (tertiary alicyclic amines) is 2. The van der Waals surface area contributed by atoms with E-state index >= 15 is 0 Å². The number of amides is 2. The molecule has 0 spiro atoms. The highest BCUT2D eigenvalue weighted by atomic mass is 35.5. The molecule has 162 valence electrons. The summed E-state index contributed by atoms with van der Waals surface area (Å²) in [5, 5.41) is 1.32. The molecule has 0 radical (unpaired) electrons. The molecule has 2 aliphatic heterocycles. The molecule has 3 heterocycles. The molecule has 1 N–H and O–H groups in total. The molecule has 1 aromatic carbocycles. The largest absolute Gasteiger partial charge is 0.338 e. The maximum absolute atomic E-state index is 12.9. The molecule has 2 amide bonds. The van der Waals surface area contributed by atoms with Crippen molar-refractivity contribution in [2.24, 2.45) is 0 Å². The number of thiophene rings is 1. The van der Waals surface area contributed by atoms with Gasteiger partial charge in [-0.2, -0.15) is 4.72 Å². The predicted octanol–water partition coefficient (Wildman–Crippen LogP) is 2.83. The first kappa shape index (κ1) is 21.5. The minimum absolute atomic E-state index is 0.00277. The summed E-state index contributed by atoms with van der Waals surface area (Å²) >= 11 is 7.11. The molecule has 2 atom stereocenters. The smallest absolute Gasteiger partial charge is 0.250 e. The minimum atomic E-state index is -3.86. The Labute approximate surface area is 185 Å². The van der Waals surface area contributed by atoms with Crippen LogP contribution in [-0.4, -0.2) is 61.7 Å². The van der Waals surface area contributed by atoms with Crippen molar-refractivity contribution in [3.8, 4) is 0 Å². The second kappa shape index (κ2) is 8.45. The van der Waals surface area contributed by atoms with Crippen molar-refractivity contribution in [2.45, 2.75) is 48.9 Å². The van der Waals surface area contributed by atoms with Gasteiger partial charge in [0.15, 0.2) is 0 Å². The van der Waals surface area contributed by atoms with E-state index in [2.05, 4.69) is 4.72 Å². The van der Waals surface area contributed by atoms with Crippen molar-refractivity contribution in [1.82, 2.24) is 14.5 Å². The normalized spacial score (nSPS) is 22.8. The van der Waals surface area contributed by atoms with E-state index in [0.29, 0.717) is 31.0 Å². The lowest BCUT2D eigenvalue weighted by molar-refractivity contribution is -0.143. The monoisotopic (exact) mass is 469 g/mol. The van der Waals surface area contributed by atoms with Crippen LogP contribution in [0, 0.1) is 0 Å². The average Bonchev–Trinajstić information content (AvgIpc) is 3.31. The van der Waals surface area contributed by atoms with Crippen LogP contribution in [0.4, 0.5) is 0 Å². The maximum atomic E-state index is 12.9. The zero-order chi connectivity index (χ0) is 21.5. The van der Waals surface area contributed by atoms with Gasteiger partial charge in [0.25, 0.3) is 10.0 Å². The van der Waals surface area contributed by atoms with E-state index < -0.39 is 16.1 Å². The number of nitrogens with zero attached hydrogens (tertiary/aromatic N) is 2. The number of hydrogen-bond acceptors (Lipinski definition) is 5. The molecule has 10 heteroatoms. The fourth-order valence-electron chi connectivity index (χ4n) is 4.12. The van der Waals surface area contributed by atoms with E-state index in [1.807, 2.05) is 11.8 Å². The van der Waals surface area contributed by atoms with Crippen LogP contribution in [-0.2, 0) is 19.6 Å². The van der Waals surface area contributed by atoms with Crippen LogP contribution in [0.25, 0.3) is 10.1 Å². The number of piperidine rings is 1. The topological polar surface area (TPSA) is 86.8 Å². The molecule has 1 unspecified atom stereocenters. The van der Waals surface area contributed by atoms with Crippen molar-refractivity contribution in [3.05, 3.63) is 29.3 Å². The molecule has 2 saturated heterocycles. The lowest BCUT2D eigenvalue weighted by Gasteiger charge is -2.33. The third kappa shape index (κ3) is 4.34. The zero-order valence-corrected chi connectivity index (χ0v) is 19.0. The molecule has 2 aromatic rings. The predicted molar refractivity (Wildman–Crippen MR) is 117 cm³/mol. The lowest BCUT2D eigenvalue weighted by Crippen LogP contribution is -2.54. The highest BCUT2D eigenvalue weighted by Gasteiger charge is 2.35. The Hall–Kier alpha value is -1.68. The van der Waals surface area contributed by atoms with E-state index in [0.717, 1.165) is 34.3 Å². The summed E-state index contributed by atoms with van der Waals surface area (Å²) in [7, 11) is -3.86. The molecule has 1 aromatic heterocycles. The standard InChI is InChI=1S/C20H24ClN3O4S2/c1-13-4-2-9-24(13)18(25)12-23-8-3-5-16(20(23)26)22-30(27,28)19-10-14-6-7-15(21)11-17(14)29-19/h6-7,10-11,13,16,22H,2-5,8-9,12H2,1H3/t13?,16-/m0/s1. The van der Waals surface area contributed by atoms with Gasteiger partial charge < -0.3 is 9.80 Å². The third-order valence-electron chi connectivity index (χ3n) is 5.75. The quantitative estimate of drug-likeness (QED) is 0.729. The minimum Gasteiger partial charge on any atom is -0.338 e. The number of rotatable bonds is 5. The van der Waals surface area contributed by atoms with Gasteiger partial charge in [-0.3, -0.25) is 9.59 Å². The Morgan fingerprint density at radius 1 is 1.23 bits per heavy atom. The summed E-state index contributed by atoms with van der Waals surface area (Å²) in [6.45, 7) is 3.20. The number of carbonyl (C=O) groups excluding carboxylic acids is 2.